The topological polar surface area (TPSA) is 77.3 Å². The summed E-state index contributed by atoms with van der Waals surface area (Å²) in [5, 5.41) is 13.8. The van der Waals surface area contributed by atoms with Crippen molar-refractivity contribution in [2.75, 3.05) is 11.9 Å². The minimum atomic E-state index is -0.442. The quantitative estimate of drug-likeness (QED) is 0.606. The Bertz CT molecular complexity index is 435. The lowest BCUT2D eigenvalue weighted by Gasteiger charge is -2.16. The van der Waals surface area contributed by atoms with Gasteiger partial charge in [0.2, 0.25) is 5.88 Å². The highest BCUT2D eigenvalue weighted by atomic mass is 16.6. The van der Waals surface area contributed by atoms with E-state index in [2.05, 4.69) is 24.1 Å². The number of nitro groups is 1. The predicted molar refractivity (Wildman–Crippen MR) is 74.6 cm³/mol. The lowest BCUT2D eigenvalue weighted by molar-refractivity contribution is -0.384. The van der Waals surface area contributed by atoms with Crippen LogP contribution in [-0.4, -0.2) is 22.6 Å². The van der Waals surface area contributed by atoms with Crippen LogP contribution in [0.25, 0.3) is 0 Å². The third-order valence-electron chi connectivity index (χ3n) is 2.48. The molecule has 0 amide bonds. The Morgan fingerprint density at radius 1 is 1.42 bits per heavy atom. The fourth-order valence-electron chi connectivity index (χ4n) is 1.85. The maximum Gasteiger partial charge on any atom is 0.278 e. The van der Waals surface area contributed by atoms with Crippen LogP contribution in [0.5, 0.6) is 5.88 Å². The third-order valence-corrected chi connectivity index (χ3v) is 2.48. The van der Waals surface area contributed by atoms with Crippen LogP contribution in [0, 0.1) is 16.0 Å². The van der Waals surface area contributed by atoms with Gasteiger partial charge in [0.15, 0.2) is 0 Å². The second-order valence-electron chi connectivity index (χ2n) is 4.89. The van der Waals surface area contributed by atoms with Crippen molar-refractivity contribution in [3.05, 3.63) is 22.2 Å². The molecular weight excluding hydrogens is 246 g/mol. The van der Waals surface area contributed by atoms with E-state index in [0.29, 0.717) is 24.2 Å². The Hall–Kier alpha value is -1.85. The molecule has 0 saturated carbocycles. The average molecular weight is 267 g/mol. The van der Waals surface area contributed by atoms with E-state index in [1.807, 2.05) is 13.8 Å². The van der Waals surface area contributed by atoms with Crippen molar-refractivity contribution in [3.63, 3.8) is 0 Å². The first-order valence-electron chi connectivity index (χ1n) is 6.49. The van der Waals surface area contributed by atoms with Gasteiger partial charge in [0.05, 0.1) is 23.2 Å². The van der Waals surface area contributed by atoms with Crippen molar-refractivity contribution >= 4 is 11.5 Å². The highest BCUT2D eigenvalue weighted by Crippen LogP contribution is 2.23. The van der Waals surface area contributed by atoms with Gasteiger partial charge in [-0.3, -0.25) is 10.1 Å². The first-order chi connectivity index (χ1) is 8.92. The normalized spacial score (nSPS) is 12.3. The maximum atomic E-state index is 10.9. The van der Waals surface area contributed by atoms with E-state index in [1.54, 1.807) is 0 Å². The van der Waals surface area contributed by atoms with Gasteiger partial charge in [0, 0.05) is 6.54 Å². The molecule has 0 bridgehead atoms. The number of pyridine rings is 1. The van der Waals surface area contributed by atoms with Crippen molar-refractivity contribution in [3.8, 4) is 5.88 Å². The van der Waals surface area contributed by atoms with E-state index in [-0.39, 0.29) is 11.8 Å². The number of anilines is 1. The molecule has 1 aromatic heterocycles. The Balaban J connectivity index is 2.89. The molecule has 1 heterocycles. The van der Waals surface area contributed by atoms with Crippen LogP contribution in [0.1, 0.15) is 34.1 Å². The van der Waals surface area contributed by atoms with Crippen molar-refractivity contribution in [2.45, 2.75) is 40.2 Å². The van der Waals surface area contributed by atoms with Gasteiger partial charge < -0.3 is 10.1 Å². The van der Waals surface area contributed by atoms with Crippen LogP contribution in [0.3, 0.4) is 0 Å². The number of aromatic nitrogens is 1. The molecule has 0 fully saturated rings. The SMILES string of the molecule is CCNc1cc([N+](=O)[O-])cc(OC(C)CC(C)C)n1. The fourth-order valence-corrected chi connectivity index (χ4v) is 1.85. The van der Waals surface area contributed by atoms with E-state index in [1.165, 1.54) is 12.1 Å². The zero-order valence-electron chi connectivity index (χ0n) is 11.8. The second kappa shape index (κ2) is 6.92. The number of rotatable bonds is 7. The Morgan fingerprint density at radius 3 is 2.63 bits per heavy atom. The molecule has 1 atom stereocenters. The number of hydrogen-bond acceptors (Lipinski definition) is 5. The molecule has 1 unspecified atom stereocenters. The van der Waals surface area contributed by atoms with Gasteiger partial charge in [-0.1, -0.05) is 13.8 Å². The zero-order valence-corrected chi connectivity index (χ0v) is 11.8. The largest absolute Gasteiger partial charge is 0.474 e. The minimum Gasteiger partial charge on any atom is -0.474 e. The summed E-state index contributed by atoms with van der Waals surface area (Å²) >= 11 is 0. The Kier molecular flexibility index (Phi) is 5.54. The second-order valence-corrected chi connectivity index (χ2v) is 4.89. The maximum absolute atomic E-state index is 10.9. The first-order valence-corrected chi connectivity index (χ1v) is 6.49. The molecule has 0 radical (unpaired) electrons. The van der Waals surface area contributed by atoms with Crippen LogP contribution in [0.4, 0.5) is 11.5 Å². The van der Waals surface area contributed by atoms with E-state index in [0.717, 1.165) is 6.42 Å². The Morgan fingerprint density at radius 2 is 2.11 bits per heavy atom. The van der Waals surface area contributed by atoms with Gasteiger partial charge in [0.1, 0.15) is 5.82 Å². The molecule has 0 aliphatic carbocycles. The van der Waals surface area contributed by atoms with Crippen LogP contribution >= 0.6 is 0 Å². The average Bonchev–Trinajstić information content (AvgIpc) is 2.27. The van der Waals surface area contributed by atoms with Crippen LogP contribution in [0.2, 0.25) is 0 Å². The summed E-state index contributed by atoms with van der Waals surface area (Å²) in [6, 6.07) is 2.77. The van der Waals surface area contributed by atoms with E-state index >= 15 is 0 Å². The summed E-state index contributed by atoms with van der Waals surface area (Å²) in [7, 11) is 0. The zero-order chi connectivity index (χ0) is 14.4. The van der Waals surface area contributed by atoms with Crippen LogP contribution in [-0.2, 0) is 0 Å². The summed E-state index contributed by atoms with van der Waals surface area (Å²) < 4.78 is 5.65. The van der Waals surface area contributed by atoms with Gasteiger partial charge >= 0.3 is 0 Å². The van der Waals surface area contributed by atoms with Gasteiger partial charge in [-0.2, -0.15) is 4.98 Å². The van der Waals surface area contributed by atoms with Gasteiger partial charge in [0.25, 0.3) is 5.69 Å². The summed E-state index contributed by atoms with van der Waals surface area (Å²) in [6.45, 7) is 8.70. The summed E-state index contributed by atoms with van der Waals surface area (Å²) in [4.78, 5) is 14.6. The van der Waals surface area contributed by atoms with Gasteiger partial charge in [-0.05, 0) is 26.2 Å². The molecule has 0 saturated heterocycles. The molecule has 6 nitrogen and oxygen atoms in total. The summed E-state index contributed by atoms with van der Waals surface area (Å²) in [5.74, 6) is 1.25. The number of ether oxygens (including phenoxy) is 1. The third kappa shape index (κ3) is 5.11. The number of hydrogen-bond donors (Lipinski definition) is 1. The molecule has 0 aromatic carbocycles. The highest BCUT2D eigenvalue weighted by molar-refractivity contribution is 5.48. The molecule has 1 N–H and O–H groups in total. The Labute approximate surface area is 113 Å². The molecule has 19 heavy (non-hydrogen) atoms. The molecule has 106 valence electrons. The molecule has 1 rings (SSSR count). The number of nitrogens with one attached hydrogen (secondary N) is 1. The fraction of sp³-hybridized carbons (Fsp3) is 0.615. The van der Waals surface area contributed by atoms with Crippen LogP contribution in [0.15, 0.2) is 12.1 Å². The standard InChI is InChI=1S/C13H21N3O3/c1-5-14-12-7-11(16(17)18)8-13(15-12)19-10(4)6-9(2)3/h7-10H,5-6H2,1-4H3,(H,14,15). The van der Waals surface area contributed by atoms with Crippen molar-refractivity contribution < 1.29 is 9.66 Å². The van der Waals surface area contributed by atoms with E-state index in [4.69, 9.17) is 4.74 Å². The van der Waals surface area contributed by atoms with Crippen LogP contribution < -0.4 is 10.1 Å². The molecule has 0 aliphatic rings. The lowest BCUT2D eigenvalue weighted by Crippen LogP contribution is -2.15. The molecular formula is C13H21N3O3. The van der Waals surface area contributed by atoms with Crippen molar-refractivity contribution in [1.82, 2.24) is 4.98 Å². The van der Waals surface area contributed by atoms with Gasteiger partial charge in [-0.15, -0.1) is 0 Å². The molecule has 0 aliphatic heterocycles. The van der Waals surface area contributed by atoms with E-state index < -0.39 is 4.92 Å². The van der Waals surface area contributed by atoms with Crippen molar-refractivity contribution in [2.24, 2.45) is 5.92 Å². The molecule has 0 spiro atoms. The number of nitrogens with zero attached hydrogens (tertiary/aromatic N) is 2. The van der Waals surface area contributed by atoms with Gasteiger partial charge in [-0.25, -0.2) is 0 Å². The first kappa shape index (κ1) is 15.2. The molecule has 1 aromatic rings. The predicted octanol–water partition coefficient (Wildman–Crippen LogP) is 3.24. The minimum absolute atomic E-state index is 0.0160. The highest BCUT2D eigenvalue weighted by Gasteiger charge is 2.14. The lowest BCUT2D eigenvalue weighted by atomic mass is 10.1. The van der Waals surface area contributed by atoms with Crippen molar-refractivity contribution in [1.29, 1.82) is 0 Å². The summed E-state index contributed by atoms with van der Waals surface area (Å²) in [6.07, 6.45) is 0.852. The molecule has 6 heteroatoms. The smallest absolute Gasteiger partial charge is 0.278 e. The monoisotopic (exact) mass is 267 g/mol. The summed E-state index contributed by atoms with van der Waals surface area (Å²) in [5.41, 5.74) is -0.0160. The van der Waals surface area contributed by atoms with E-state index in [9.17, 15) is 10.1 Å².